The Morgan fingerprint density at radius 1 is 0.915 bits per heavy atom. The van der Waals surface area contributed by atoms with Gasteiger partial charge in [0.15, 0.2) is 9.84 Å². The van der Waals surface area contributed by atoms with Crippen molar-refractivity contribution in [1.29, 1.82) is 0 Å². The molecule has 0 radical (unpaired) electrons. The summed E-state index contributed by atoms with van der Waals surface area (Å²) in [6, 6.07) is 4.51. The second-order valence-corrected chi connectivity index (χ2v) is 16.0. The number of aliphatic carboxylic acids is 2. The summed E-state index contributed by atoms with van der Waals surface area (Å²) in [6.07, 6.45) is -0.798. The average Bonchev–Trinajstić information content (AvgIpc) is 3.02. The van der Waals surface area contributed by atoms with Crippen molar-refractivity contribution in [2.24, 2.45) is 5.73 Å². The number of hydrogen-bond donors (Lipinski definition) is 5. The van der Waals surface area contributed by atoms with Gasteiger partial charge in [0, 0.05) is 56.1 Å². The number of nitrogens with zero attached hydrogens (tertiary/aromatic N) is 2. The monoisotopic (exact) mass is 785 g/mol. The molecule has 1 aromatic carbocycles. The molecule has 6 N–H and O–H groups in total. The van der Waals surface area contributed by atoms with E-state index < -0.39 is 83.9 Å². The maximum atomic E-state index is 14.6. The molecule has 2 amide bonds. The van der Waals surface area contributed by atoms with Crippen molar-refractivity contribution in [3.8, 4) is 0 Å². The molecule has 1 aromatic rings. The minimum atomic E-state index is -4.50. The summed E-state index contributed by atoms with van der Waals surface area (Å²) < 4.78 is 51.5. The van der Waals surface area contributed by atoms with Gasteiger partial charge in [-0.15, -0.1) is 46.4 Å². The second kappa shape index (κ2) is 22.1. The van der Waals surface area contributed by atoms with Crippen LogP contribution in [0.3, 0.4) is 0 Å². The van der Waals surface area contributed by atoms with Crippen molar-refractivity contribution in [2.75, 3.05) is 68.6 Å². The molecule has 0 fully saturated rings. The number of halogens is 4. The molecule has 0 aliphatic carbocycles. The highest BCUT2D eigenvalue weighted by atomic mass is 35.5. The normalized spacial score (nSPS) is 14.0. The number of carboxylic acids is 2. The zero-order chi connectivity index (χ0) is 35.6. The molecular formula is C26H40Cl4N5O10PS. The van der Waals surface area contributed by atoms with Crippen LogP contribution in [0.15, 0.2) is 30.3 Å². The molecule has 0 saturated carbocycles. The third-order valence-corrected chi connectivity index (χ3v) is 12.0. The minimum Gasteiger partial charge on any atom is -0.480 e. The molecule has 0 aromatic heterocycles. The molecule has 0 aliphatic rings. The molecule has 47 heavy (non-hydrogen) atoms. The maximum absolute atomic E-state index is 14.6. The number of nitrogens with two attached hydrogens (primary N) is 1. The van der Waals surface area contributed by atoms with Gasteiger partial charge < -0.3 is 31.1 Å². The highest BCUT2D eigenvalue weighted by Gasteiger charge is 2.41. The lowest BCUT2D eigenvalue weighted by Gasteiger charge is -2.38. The zero-order valence-electron chi connectivity index (χ0n) is 25.3. The molecule has 268 valence electrons. The fourth-order valence-electron chi connectivity index (χ4n) is 4.20. The van der Waals surface area contributed by atoms with E-state index >= 15 is 0 Å². The first-order valence-corrected chi connectivity index (χ1v) is 19.6. The largest absolute Gasteiger partial charge is 0.480 e. The summed E-state index contributed by atoms with van der Waals surface area (Å²) in [5, 5.41) is 20.7. The standard InChI is InChI=1S/C26H40Cl4N5O10PS/c27-8-12-34(13-9-28)46(42,35(14-10-29)15-11-30)45-17-22(19-4-2-1-3-5-19)47(43,44)18-21(25(39)32-16-24(37)38)33-23(36)7-6-20(31)26(40)41/h1-5,20-22H,6-18,31H2,(H,32,39)(H,33,36)(H,37,38)(H,40,41)/t20-,21?,22?/m1/s1. The van der Waals surface area contributed by atoms with Crippen LogP contribution in [0, 0.1) is 0 Å². The lowest BCUT2D eigenvalue weighted by Crippen LogP contribution is -2.52. The Hall–Kier alpha value is -1.72. The second-order valence-electron chi connectivity index (χ2n) is 9.89. The van der Waals surface area contributed by atoms with E-state index in [1.54, 1.807) is 18.2 Å². The zero-order valence-corrected chi connectivity index (χ0v) is 30.0. The quantitative estimate of drug-likeness (QED) is 0.0704. The van der Waals surface area contributed by atoms with E-state index in [0.29, 0.717) is 0 Å². The number of sulfone groups is 1. The van der Waals surface area contributed by atoms with Gasteiger partial charge in [0.2, 0.25) is 11.8 Å². The van der Waals surface area contributed by atoms with Crippen LogP contribution in [0.4, 0.5) is 0 Å². The van der Waals surface area contributed by atoms with E-state index in [9.17, 15) is 32.2 Å². The first-order chi connectivity index (χ1) is 22.2. The van der Waals surface area contributed by atoms with Crippen LogP contribution in [0.25, 0.3) is 0 Å². The smallest absolute Gasteiger partial charge is 0.346 e. The molecule has 21 heteroatoms. The molecule has 0 aliphatic heterocycles. The van der Waals surface area contributed by atoms with E-state index in [2.05, 4.69) is 5.32 Å². The Labute approximate surface area is 293 Å². The van der Waals surface area contributed by atoms with Crippen molar-refractivity contribution >= 4 is 87.7 Å². The fourth-order valence-corrected chi connectivity index (χ4v) is 9.80. The number of carbonyl (C=O) groups excluding carboxylic acids is 2. The summed E-state index contributed by atoms with van der Waals surface area (Å²) in [5.41, 5.74) is 5.63. The van der Waals surface area contributed by atoms with Gasteiger partial charge in [0.1, 0.15) is 23.9 Å². The number of alkyl halides is 4. The maximum Gasteiger partial charge on any atom is 0.346 e. The first-order valence-electron chi connectivity index (χ1n) is 14.2. The number of benzene rings is 1. The summed E-state index contributed by atoms with van der Waals surface area (Å²) in [5.74, 6) is -5.74. The molecule has 0 heterocycles. The molecular weight excluding hydrogens is 747 g/mol. The summed E-state index contributed by atoms with van der Waals surface area (Å²) in [6.45, 7) is -1.36. The molecule has 1 rings (SSSR count). The van der Waals surface area contributed by atoms with Crippen molar-refractivity contribution in [2.45, 2.75) is 30.2 Å². The topological polar surface area (TPSA) is 226 Å². The van der Waals surface area contributed by atoms with E-state index in [0.717, 1.165) is 0 Å². The van der Waals surface area contributed by atoms with Crippen molar-refractivity contribution in [3.63, 3.8) is 0 Å². The predicted molar refractivity (Wildman–Crippen MR) is 180 cm³/mol. The van der Waals surface area contributed by atoms with E-state index in [1.807, 2.05) is 5.32 Å². The number of nitrogens with one attached hydrogen (secondary N) is 2. The van der Waals surface area contributed by atoms with E-state index in [-0.39, 0.29) is 61.7 Å². The Kier molecular flexibility index (Phi) is 20.3. The van der Waals surface area contributed by atoms with Crippen LogP contribution >= 0.6 is 54.1 Å². The highest BCUT2D eigenvalue weighted by Crippen LogP contribution is 2.55. The number of amides is 2. The number of carbonyl (C=O) groups is 4. The van der Waals surface area contributed by atoms with E-state index in [4.69, 9.17) is 66.9 Å². The Bertz CT molecular complexity index is 1290. The summed E-state index contributed by atoms with van der Waals surface area (Å²) in [7, 11) is -8.58. The molecule has 2 unspecified atom stereocenters. The van der Waals surface area contributed by atoms with Crippen molar-refractivity contribution in [3.05, 3.63) is 35.9 Å². The number of carboxylic acid groups (broad SMARTS) is 2. The van der Waals surface area contributed by atoms with Gasteiger partial charge in [0.25, 0.3) is 0 Å². The number of rotatable bonds is 25. The average molecular weight is 787 g/mol. The lowest BCUT2D eigenvalue weighted by atomic mass is 10.1. The lowest BCUT2D eigenvalue weighted by molar-refractivity contribution is -0.139. The van der Waals surface area contributed by atoms with Crippen molar-refractivity contribution in [1.82, 2.24) is 20.0 Å². The molecule has 15 nitrogen and oxygen atoms in total. The molecule has 3 atom stereocenters. The minimum absolute atomic E-state index is 0.0322. The van der Waals surface area contributed by atoms with Crippen LogP contribution < -0.4 is 16.4 Å². The van der Waals surface area contributed by atoms with Crippen LogP contribution in [0.5, 0.6) is 0 Å². The molecule has 0 saturated heterocycles. The first kappa shape index (κ1) is 43.3. The van der Waals surface area contributed by atoms with Gasteiger partial charge in [-0.1, -0.05) is 30.3 Å². The van der Waals surface area contributed by atoms with Gasteiger partial charge in [-0.05, 0) is 12.0 Å². The third-order valence-electron chi connectivity index (χ3n) is 6.55. The van der Waals surface area contributed by atoms with Gasteiger partial charge >= 0.3 is 19.6 Å². The summed E-state index contributed by atoms with van der Waals surface area (Å²) >= 11 is 23.9. The Morgan fingerprint density at radius 3 is 1.87 bits per heavy atom. The number of hydrogen-bond acceptors (Lipinski definition) is 9. The molecule has 0 spiro atoms. The van der Waals surface area contributed by atoms with Crippen LogP contribution in [-0.4, -0.2) is 132 Å². The van der Waals surface area contributed by atoms with Crippen LogP contribution in [0.1, 0.15) is 23.7 Å². The fraction of sp³-hybridized carbons (Fsp3) is 0.615. The van der Waals surface area contributed by atoms with Gasteiger partial charge in [0.05, 0.1) is 12.4 Å². The van der Waals surface area contributed by atoms with Gasteiger partial charge in [-0.2, -0.15) is 0 Å². The SMILES string of the molecule is N[C@H](CCC(=O)NC(CS(=O)(=O)C(COP(=O)(N(CCCl)CCCl)N(CCCl)CCCl)c1ccccc1)C(=O)NCC(=O)O)C(=O)O. The van der Waals surface area contributed by atoms with Gasteiger partial charge in [-0.25, -0.2) is 17.8 Å². The van der Waals surface area contributed by atoms with Crippen LogP contribution in [-0.2, 0) is 38.1 Å². The predicted octanol–water partition coefficient (Wildman–Crippen LogP) is 1.70. The van der Waals surface area contributed by atoms with E-state index in [1.165, 1.54) is 21.5 Å². The Morgan fingerprint density at radius 2 is 1.43 bits per heavy atom. The van der Waals surface area contributed by atoms with Crippen molar-refractivity contribution < 1.29 is 46.9 Å². The Balaban J connectivity index is 3.55. The highest BCUT2D eigenvalue weighted by molar-refractivity contribution is 7.91. The third kappa shape index (κ3) is 14.7. The van der Waals surface area contributed by atoms with Gasteiger partial charge in [-0.3, -0.25) is 23.7 Å². The molecule has 0 bridgehead atoms. The van der Waals surface area contributed by atoms with Crippen LogP contribution in [0.2, 0.25) is 0 Å². The summed E-state index contributed by atoms with van der Waals surface area (Å²) in [4.78, 5) is 47.7.